The van der Waals surface area contributed by atoms with E-state index in [1.54, 1.807) is 20.8 Å². The molecule has 132 valence electrons. The van der Waals surface area contributed by atoms with E-state index in [4.69, 9.17) is 10.5 Å². The summed E-state index contributed by atoms with van der Waals surface area (Å²) in [6, 6.07) is 8.58. The van der Waals surface area contributed by atoms with Crippen molar-refractivity contribution >= 4 is 17.9 Å². The maximum atomic E-state index is 12.2. The van der Waals surface area contributed by atoms with Crippen LogP contribution in [0.4, 0.5) is 4.79 Å². The third kappa shape index (κ3) is 8.17. The van der Waals surface area contributed by atoms with Gasteiger partial charge in [0.25, 0.3) is 0 Å². The normalized spacial score (nSPS) is 12.1. The van der Waals surface area contributed by atoms with Crippen molar-refractivity contribution in [2.75, 3.05) is 6.54 Å². The van der Waals surface area contributed by atoms with E-state index in [-0.39, 0.29) is 6.42 Å². The average Bonchev–Trinajstić information content (AvgIpc) is 2.45. The van der Waals surface area contributed by atoms with Gasteiger partial charge in [-0.15, -0.1) is 0 Å². The largest absolute Gasteiger partial charge is 0.444 e. The quantitative estimate of drug-likeness (QED) is 0.693. The summed E-state index contributed by atoms with van der Waals surface area (Å²) in [6.07, 6.45) is -0.425. The number of rotatable bonds is 7. The van der Waals surface area contributed by atoms with Gasteiger partial charge in [0, 0.05) is 6.54 Å². The molecule has 1 aromatic carbocycles. The van der Waals surface area contributed by atoms with Crippen LogP contribution >= 0.6 is 0 Å². The van der Waals surface area contributed by atoms with Crippen molar-refractivity contribution in [3.8, 4) is 0 Å². The number of nitrogens with one attached hydrogen (secondary N) is 2. The molecule has 0 unspecified atom stereocenters. The molecule has 0 spiro atoms. The molecular formula is C17H25N3O4. The molecule has 0 aliphatic carbocycles. The van der Waals surface area contributed by atoms with Gasteiger partial charge >= 0.3 is 6.09 Å². The molecule has 4 N–H and O–H groups in total. The van der Waals surface area contributed by atoms with Gasteiger partial charge in [-0.3, -0.25) is 9.59 Å². The fraction of sp³-hybridized carbons (Fsp3) is 0.471. The monoisotopic (exact) mass is 335 g/mol. The number of ether oxygens (including phenoxy) is 1. The first-order valence-corrected chi connectivity index (χ1v) is 7.77. The Balaban J connectivity index is 2.54. The minimum absolute atomic E-state index is 0.295. The summed E-state index contributed by atoms with van der Waals surface area (Å²) in [4.78, 5) is 35.1. The summed E-state index contributed by atoms with van der Waals surface area (Å²) in [6.45, 7) is 5.49. The fourth-order valence-electron chi connectivity index (χ4n) is 1.96. The molecule has 0 aliphatic rings. The van der Waals surface area contributed by atoms with Gasteiger partial charge < -0.3 is 21.1 Å². The van der Waals surface area contributed by atoms with E-state index in [2.05, 4.69) is 10.6 Å². The van der Waals surface area contributed by atoms with E-state index in [9.17, 15) is 14.4 Å². The van der Waals surface area contributed by atoms with Gasteiger partial charge in [-0.1, -0.05) is 30.3 Å². The van der Waals surface area contributed by atoms with Crippen LogP contribution in [0.15, 0.2) is 30.3 Å². The molecular weight excluding hydrogens is 310 g/mol. The molecule has 0 aromatic heterocycles. The summed E-state index contributed by atoms with van der Waals surface area (Å²) in [5.41, 5.74) is 5.51. The maximum Gasteiger partial charge on any atom is 0.408 e. The molecule has 7 heteroatoms. The number of amides is 3. The number of hydrogen-bond acceptors (Lipinski definition) is 4. The van der Waals surface area contributed by atoms with E-state index in [1.807, 2.05) is 30.3 Å². The van der Waals surface area contributed by atoms with Crippen molar-refractivity contribution in [3.63, 3.8) is 0 Å². The van der Waals surface area contributed by atoms with E-state index >= 15 is 0 Å². The number of carbonyl (C=O) groups is 3. The first kappa shape index (κ1) is 19.5. The fourth-order valence-corrected chi connectivity index (χ4v) is 1.96. The van der Waals surface area contributed by atoms with Crippen LogP contribution in [-0.2, 0) is 20.7 Å². The van der Waals surface area contributed by atoms with Crippen LogP contribution < -0.4 is 16.4 Å². The predicted octanol–water partition coefficient (Wildman–Crippen LogP) is 1.11. The van der Waals surface area contributed by atoms with E-state index in [1.165, 1.54) is 0 Å². The molecule has 0 bridgehead atoms. The third-order valence-corrected chi connectivity index (χ3v) is 2.97. The van der Waals surface area contributed by atoms with Crippen LogP contribution in [0.3, 0.4) is 0 Å². The second-order valence-electron chi connectivity index (χ2n) is 6.40. The van der Waals surface area contributed by atoms with Gasteiger partial charge in [0.05, 0.1) is 6.42 Å². The molecule has 0 radical (unpaired) electrons. The zero-order valence-electron chi connectivity index (χ0n) is 14.3. The lowest BCUT2D eigenvalue weighted by Gasteiger charge is -2.22. The lowest BCUT2D eigenvalue weighted by atomic mass is 10.1. The van der Waals surface area contributed by atoms with Gasteiger partial charge in [0.2, 0.25) is 11.8 Å². The Morgan fingerprint density at radius 3 is 2.33 bits per heavy atom. The second kappa shape index (κ2) is 8.90. The smallest absolute Gasteiger partial charge is 0.408 e. The minimum atomic E-state index is -1.06. The van der Waals surface area contributed by atoms with Crippen LogP contribution in [0, 0.1) is 0 Å². The molecule has 0 saturated heterocycles. The number of hydrogen-bond donors (Lipinski definition) is 3. The molecule has 0 heterocycles. The number of benzene rings is 1. The van der Waals surface area contributed by atoms with Crippen molar-refractivity contribution in [2.45, 2.75) is 45.3 Å². The molecule has 0 fully saturated rings. The lowest BCUT2D eigenvalue weighted by molar-refractivity contribution is -0.127. The highest BCUT2D eigenvalue weighted by atomic mass is 16.6. The zero-order valence-corrected chi connectivity index (χ0v) is 14.3. The highest BCUT2D eigenvalue weighted by molar-refractivity contribution is 5.90. The van der Waals surface area contributed by atoms with Crippen LogP contribution in [0.1, 0.15) is 32.8 Å². The Morgan fingerprint density at radius 1 is 1.17 bits per heavy atom. The van der Waals surface area contributed by atoms with Crippen molar-refractivity contribution < 1.29 is 19.1 Å². The standard InChI is InChI=1S/C17H25N3O4/c1-17(2,3)24-16(23)20-13(11-14(18)21)15(22)19-10-9-12-7-5-4-6-8-12/h4-8,13H,9-11H2,1-3H3,(H2,18,21)(H,19,22)(H,20,23)/t13-/m0/s1. The Kier molecular flexibility index (Phi) is 7.23. The van der Waals surface area contributed by atoms with Gasteiger partial charge in [0.15, 0.2) is 0 Å². The average molecular weight is 335 g/mol. The lowest BCUT2D eigenvalue weighted by Crippen LogP contribution is -2.50. The van der Waals surface area contributed by atoms with Gasteiger partial charge in [0.1, 0.15) is 11.6 Å². The third-order valence-electron chi connectivity index (χ3n) is 2.97. The number of primary amides is 1. The van der Waals surface area contributed by atoms with Crippen LogP contribution in [0.5, 0.6) is 0 Å². The van der Waals surface area contributed by atoms with Crippen LogP contribution in [0.2, 0.25) is 0 Å². The van der Waals surface area contributed by atoms with Crippen molar-refractivity contribution in [1.82, 2.24) is 10.6 Å². The van der Waals surface area contributed by atoms with Crippen LogP contribution in [0.25, 0.3) is 0 Å². The van der Waals surface area contributed by atoms with Crippen LogP contribution in [-0.4, -0.2) is 36.1 Å². The van der Waals surface area contributed by atoms with E-state index in [0.29, 0.717) is 13.0 Å². The van der Waals surface area contributed by atoms with Gasteiger partial charge in [-0.25, -0.2) is 4.79 Å². The van der Waals surface area contributed by atoms with Gasteiger partial charge in [-0.2, -0.15) is 0 Å². The highest BCUT2D eigenvalue weighted by Gasteiger charge is 2.25. The first-order chi connectivity index (χ1) is 11.2. The molecule has 3 amide bonds. The second-order valence-corrected chi connectivity index (χ2v) is 6.40. The number of carbonyl (C=O) groups excluding carboxylic acids is 3. The molecule has 1 atom stereocenters. The predicted molar refractivity (Wildman–Crippen MR) is 90.1 cm³/mol. The Labute approximate surface area is 141 Å². The maximum absolute atomic E-state index is 12.2. The number of nitrogens with two attached hydrogens (primary N) is 1. The van der Waals surface area contributed by atoms with E-state index in [0.717, 1.165) is 5.56 Å². The summed E-state index contributed by atoms with van der Waals surface area (Å²) < 4.78 is 5.09. The Bertz CT molecular complexity index is 567. The Morgan fingerprint density at radius 2 is 1.79 bits per heavy atom. The SMILES string of the molecule is CC(C)(C)OC(=O)N[C@@H](CC(N)=O)C(=O)NCCc1ccccc1. The molecule has 24 heavy (non-hydrogen) atoms. The summed E-state index contributed by atoms with van der Waals surface area (Å²) in [7, 11) is 0. The molecule has 7 nitrogen and oxygen atoms in total. The van der Waals surface area contributed by atoms with Gasteiger partial charge in [-0.05, 0) is 32.8 Å². The molecule has 0 aliphatic heterocycles. The topological polar surface area (TPSA) is 111 Å². The molecule has 0 saturated carbocycles. The molecule has 1 rings (SSSR count). The van der Waals surface area contributed by atoms with Crippen molar-refractivity contribution in [2.24, 2.45) is 5.73 Å². The highest BCUT2D eigenvalue weighted by Crippen LogP contribution is 2.07. The summed E-state index contributed by atoms with van der Waals surface area (Å²) in [5, 5.41) is 5.07. The van der Waals surface area contributed by atoms with E-state index < -0.39 is 29.6 Å². The number of alkyl carbamates (subject to hydrolysis) is 1. The van der Waals surface area contributed by atoms with Crippen molar-refractivity contribution in [1.29, 1.82) is 0 Å². The Hall–Kier alpha value is -2.57. The van der Waals surface area contributed by atoms with Crippen molar-refractivity contribution in [3.05, 3.63) is 35.9 Å². The summed E-state index contributed by atoms with van der Waals surface area (Å²) in [5.74, 6) is -1.16. The first-order valence-electron chi connectivity index (χ1n) is 7.77. The summed E-state index contributed by atoms with van der Waals surface area (Å²) >= 11 is 0. The zero-order chi connectivity index (χ0) is 18.2. The molecule has 1 aromatic rings. The minimum Gasteiger partial charge on any atom is -0.444 e.